The van der Waals surface area contributed by atoms with Gasteiger partial charge in [-0.15, -0.1) is 0 Å². The van der Waals surface area contributed by atoms with E-state index < -0.39 is 11.9 Å². The van der Waals surface area contributed by atoms with Crippen molar-refractivity contribution in [3.8, 4) is 0 Å². The molecule has 0 aliphatic heterocycles. The first kappa shape index (κ1) is 28.1. The molecule has 0 aliphatic rings. The van der Waals surface area contributed by atoms with Gasteiger partial charge in [-0.25, -0.2) is 9.59 Å². The lowest BCUT2D eigenvalue weighted by Crippen LogP contribution is -1.93. The van der Waals surface area contributed by atoms with E-state index >= 15 is 0 Å². The predicted molar refractivity (Wildman–Crippen MR) is 118 cm³/mol. The van der Waals surface area contributed by atoms with E-state index in [4.69, 9.17) is 10.2 Å². The van der Waals surface area contributed by atoms with Crippen molar-refractivity contribution in [1.82, 2.24) is 0 Å². The first-order valence-electron chi connectivity index (χ1n) is 10.1. The normalized spacial score (nSPS) is 12.8. The van der Waals surface area contributed by atoms with Crippen LogP contribution in [0.4, 0.5) is 0 Å². The van der Waals surface area contributed by atoms with Crippen molar-refractivity contribution >= 4 is 11.9 Å². The van der Waals surface area contributed by atoms with Crippen LogP contribution < -0.4 is 0 Å². The van der Waals surface area contributed by atoms with E-state index in [0.29, 0.717) is 11.8 Å². The maximum atomic E-state index is 10.2. The molecule has 2 atom stereocenters. The summed E-state index contributed by atoms with van der Waals surface area (Å²) in [4.78, 5) is 20.4. The quantitative estimate of drug-likeness (QED) is 0.283. The minimum absolute atomic E-state index is 0.557. The molecule has 0 aromatic heterocycles. The van der Waals surface area contributed by atoms with Crippen molar-refractivity contribution in [1.29, 1.82) is 0 Å². The molecular formula is C24H40O4. The first-order valence-corrected chi connectivity index (χ1v) is 10.1. The molecule has 0 aliphatic carbocycles. The summed E-state index contributed by atoms with van der Waals surface area (Å²) in [7, 11) is 0. The maximum absolute atomic E-state index is 10.2. The molecule has 0 saturated carbocycles. The van der Waals surface area contributed by atoms with Crippen molar-refractivity contribution in [2.24, 2.45) is 11.8 Å². The SMILES string of the molecule is CC(C)=CCCC(C)C/C=C/C(=O)O.CC(C)=CCCC(C)C/C=C/C(=O)O. The van der Waals surface area contributed by atoms with E-state index in [2.05, 4.69) is 53.7 Å². The second-order valence-corrected chi connectivity index (χ2v) is 7.88. The highest BCUT2D eigenvalue weighted by Gasteiger charge is 1.99. The number of hydrogen-bond acceptors (Lipinski definition) is 2. The summed E-state index contributed by atoms with van der Waals surface area (Å²) in [6, 6.07) is 0. The Morgan fingerprint density at radius 2 is 1.04 bits per heavy atom. The van der Waals surface area contributed by atoms with Gasteiger partial charge in [-0.05, 0) is 78.1 Å². The number of hydrogen-bond donors (Lipinski definition) is 2. The summed E-state index contributed by atoms with van der Waals surface area (Å²) in [5.41, 5.74) is 2.69. The minimum atomic E-state index is -0.860. The molecule has 160 valence electrons. The van der Waals surface area contributed by atoms with Gasteiger partial charge in [0.25, 0.3) is 0 Å². The summed E-state index contributed by atoms with van der Waals surface area (Å²) in [5, 5.41) is 16.8. The highest BCUT2D eigenvalue weighted by molar-refractivity contribution is 5.79. The van der Waals surface area contributed by atoms with Gasteiger partial charge in [-0.2, -0.15) is 0 Å². The molecule has 0 rings (SSSR count). The number of carboxylic acids is 2. The Hall–Kier alpha value is -2.10. The van der Waals surface area contributed by atoms with Gasteiger partial charge in [0.15, 0.2) is 0 Å². The summed E-state index contributed by atoms with van der Waals surface area (Å²) >= 11 is 0. The third kappa shape index (κ3) is 26.1. The second-order valence-electron chi connectivity index (χ2n) is 7.88. The fourth-order valence-electron chi connectivity index (χ4n) is 2.35. The van der Waals surface area contributed by atoms with E-state index in [1.54, 1.807) is 12.2 Å². The van der Waals surface area contributed by atoms with Crippen molar-refractivity contribution in [3.05, 3.63) is 47.6 Å². The molecule has 0 saturated heterocycles. The summed E-state index contributed by atoms with van der Waals surface area (Å²) < 4.78 is 0. The van der Waals surface area contributed by atoms with Gasteiger partial charge in [-0.1, -0.05) is 49.3 Å². The molecule has 4 heteroatoms. The predicted octanol–water partition coefficient (Wildman–Crippen LogP) is 6.80. The van der Waals surface area contributed by atoms with E-state index in [0.717, 1.165) is 38.5 Å². The van der Waals surface area contributed by atoms with E-state index in [1.807, 2.05) is 0 Å². The van der Waals surface area contributed by atoms with Crippen LogP contribution in [0.2, 0.25) is 0 Å². The van der Waals surface area contributed by atoms with Crippen molar-refractivity contribution in [3.63, 3.8) is 0 Å². The largest absolute Gasteiger partial charge is 0.478 e. The highest BCUT2D eigenvalue weighted by atomic mass is 16.4. The van der Waals surface area contributed by atoms with Crippen LogP contribution in [0.25, 0.3) is 0 Å². The molecule has 2 N–H and O–H groups in total. The fraction of sp³-hybridized carbons (Fsp3) is 0.583. The topological polar surface area (TPSA) is 74.6 Å². The van der Waals surface area contributed by atoms with Crippen LogP contribution in [0.15, 0.2) is 47.6 Å². The van der Waals surface area contributed by atoms with Gasteiger partial charge in [0.1, 0.15) is 0 Å². The van der Waals surface area contributed by atoms with Gasteiger partial charge in [0.05, 0.1) is 0 Å². The second kappa shape index (κ2) is 18.3. The molecule has 28 heavy (non-hydrogen) atoms. The Morgan fingerprint density at radius 1 is 0.714 bits per heavy atom. The third-order valence-corrected chi connectivity index (χ3v) is 4.02. The molecule has 0 amide bonds. The fourth-order valence-corrected chi connectivity index (χ4v) is 2.35. The maximum Gasteiger partial charge on any atom is 0.327 e. The van der Waals surface area contributed by atoms with Gasteiger partial charge in [-0.3, -0.25) is 0 Å². The number of carbonyl (C=O) groups is 2. The standard InChI is InChI=1S/2C12H20O2/c2*1-10(2)6-4-7-11(3)8-5-9-12(13)14/h2*5-6,9,11H,4,7-8H2,1-3H3,(H,13,14)/b2*9-5+. The Balaban J connectivity index is 0. The smallest absolute Gasteiger partial charge is 0.327 e. The summed E-state index contributed by atoms with van der Waals surface area (Å²) in [6.07, 6.45) is 16.5. The van der Waals surface area contributed by atoms with Gasteiger partial charge < -0.3 is 10.2 Å². The molecule has 2 unspecified atom stereocenters. The van der Waals surface area contributed by atoms with E-state index in [9.17, 15) is 9.59 Å². The molecule has 0 fully saturated rings. The summed E-state index contributed by atoms with van der Waals surface area (Å²) in [5.74, 6) is -0.606. The molecule has 0 heterocycles. The molecule has 0 bridgehead atoms. The number of carboxylic acid groups (broad SMARTS) is 2. The van der Waals surface area contributed by atoms with Crippen LogP contribution in [0.5, 0.6) is 0 Å². The number of allylic oxidation sites excluding steroid dienone is 6. The molecule has 0 aromatic carbocycles. The van der Waals surface area contributed by atoms with Crippen molar-refractivity contribution in [2.45, 2.75) is 80.1 Å². The molecular weight excluding hydrogens is 352 g/mol. The molecule has 0 radical (unpaired) electrons. The first-order chi connectivity index (χ1) is 13.0. The monoisotopic (exact) mass is 392 g/mol. The highest BCUT2D eigenvalue weighted by Crippen LogP contribution is 2.13. The average Bonchev–Trinajstić information content (AvgIpc) is 2.54. The average molecular weight is 393 g/mol. The number of rotatable bonds is 12. The van der Waals surface area contributed by atoms with Crippen LogP contribution in [0.1, 0.15) is 80.1 Å². The summed E-state index contributed by atoms with van der Waals surface area (Å²) in [6.45, 7) is 12.7. The Kier molecular flexibility index (Phi) is 18.3. The van der Waals surface area contributed by atoms with Crippen LogP contribution in [0.3, 0.4) is 0 Å². The van der Waals surface area contributed by atoms with Crippen LogP contribution in [-0.4, -0.2) is 22.2 Å². The number of aliphatic carboxylic acids is 2. The molecule has 0 aromatic rings. The zero-order valence-electron chi connectivity index (χ0n) is 18.6. The third-order valence-electron chi connectivity index (χ3n) is 4.02. The van der Waals surface area contributed by atoms with E-state index in [-0.39, 0.29) is 0 Å². The van der Waals surface area contributed by atoms with Gasteiger partial charge >= 0.3 is 11.9 Å². The van der Waals surface area contributed by atoms with Gasteiger partial charge in [0, 0.05) is 12.2 Å². The zero-order valence-corrected chi connectivity index (χ0v) is 18.6. The lowest BCUT2D eigenvalue weighted by Gasteiger charge is -2.05. The Labute approximate surface area is 171 Å². The van der Waals surface area contributed by atoms with E-state index in [1.165, 1.54) is 23.3 Å². The Bertz CT molecular complexity index is 495. The van der Waals surface area contributed by atoms with Crippen molar-refractivity contribution < 1.29 is 19.8 Å². The molecule has 0 spiro atoms. The lowest BCUT2D eigenvalue weighted by atomic mass is 10.0. The van der Waals surface area contributed by atoms with Crippen LogP contribution in [0, 0.1) is 11.8 Å². The molecule has 4 nitrogen and oxygen atoms in total. The minimum Gasteiger partial charge on any atom is -0.478 e. The Morgan fingerprint density at radius 3 is 1.29 bits per heavy atom. The van der Waals surface area contributed by atoms with Gasteiger partial charge in [0.2, 0.25) is 0 Å². The lowest BCUT2D eigenvalue weighted by molar-refractivity contribution is -0.132. The zero-order chi connectivity index (χ0) is 21.9. The van der Waals surface area contributed by atoms with Crippen LogP contribution >= 0.6 is 0 Å². The van der Waals surface area contributed by atoms with Crippen molar-refractivity contribution in [2.75, 3.05) is 0 Å². The van der Waals surface area contributed by atoms with Crippen LogP contribution in [-0.2, 0) is 9.59 Å².